The van der Waals surface area contributed by atoms with Crippen molar-refractivity contribution in [2.24, 2.45) is 0 Å². The monoisotopic (exact) mass is 260 g/mol. The molecule has 0 amide bonds. The number of pyridine rings is 1. The van der Waals surface area contributed by atoms with Gasteiger partial charge in [-0.15, -0.1) is 0 Å². The number of nitrogens with zero attached hydrogens (tertiary/aromatic N) is 3. The number of fused-ring (bicyclic) bond motifs is 1. The van der Waals surface area contributed by atoms with Gasteiger partial charge in [-0.3, -0.25) is 0 Å². The summed E-state index contributed by atoms with van der Waals surface area (Å²) >= 11 is 0. The Balaban J connectivity index is 1.89. The van der Waals surface area contributed by atoms with Crippen LogP contribution in [0, 0.1) is 0 Å². The highest BCUT2D eigenvalue weighted by Gasteiger charge is 2.38. The number of imidazole rings is 1. The number of aromatic amines is 1. The number of hydrogen-bond acceptors (Lipinski definition) is 4. The molecular formula is C14H20N4O. The molecule has 1 fully saturated rings. The molecular weight excluding hydrogens is 240 g/mol. The van der Waals surface area contributed by atoms with E-state index in [4.69, 9.17) is 4.74 Å². The molecule has 0 unspecified atom stereocenters. The average molecular weight is 260 g/mol. The van der Waals surface area contributed by atoms with E-state index in [-0.39, 0.29) is 5.60 Å². The lowest BCUT2D eigenvalue weighted by atomic mass is 9.77. The first kappa shape index (κ1) is 12.4. The summed E-state index contributed by atoms with van der Waals surface area (Å²) < 4.78 is 5.65. The number of H-pyrrole nitrogens is 1. The van der Waals surface area contributed by atoms with E-state index in [2.05, 4.69) is 15.0 Å². The maximum absolute atomic E-state index is 5.65. The maximum Gasteiger partial charge on any atom is 0.179 e. The zero-order valence-electron chi connectivity index (χ0n) is 11.7. The highest BCUT2D eigenvalue weighted by molar-refractivity contribution is 5.73. The molecule has 0 spiro atoms. The minimum atomic E-state index is -0.00173. The van der Waals surface area contributed by atoms with Crippen LogP contribution >= 0.6 is 0 Å². The molecule has 0 atom stereocenters. The van der Waals surface area contributed by atoms with Gasteiger partial charge in [0.2, 0.25) is 0 Å². The molecule has 2 aromatic rings. The van der Waals surface area contributed by atoms with Crippen LogP contribution in [-0.2, 0) is 11.2 Å². The third-order valence-corrected chi connectivity index (χ3v) is 4.03. The van der Waals surface area contributed by atoms with Crippen LogP contribution in [0.1, 0.15) is 25.1 Å². The van der Waals surface area contributed by atoms with Gasteiger partial charge in [0.05, 0.1) is 11.1 Å². The molecule has 102 valence electrons. The van der Waals surface area contributed by atoms with E-state index in [1.54, 1.807) is 7.11 Å². The Kier molecular flexibility index (Phi) is 2.93. The molecule has 1 N–H and O–H groups in total. The van der Waals surface area contributed by atoms with Gasteiger partial charge in [-0.05, 0) is 31.4 Å². The molecule has 0 radical (unpaired) electrons. The van der Waals surface area contributed by atoms with E-state index in [1.165, 1.54) is 6.42 Å². The summed E-state index contributed by atoms with van der Waals surface area (Å²) in [6, 6.07) is 4.04. The van der Waals surface area contributed by atoms with E-state index in [0.717, 1.165) is 42.1 Å². The summed E-state index contributed by atoms with van der Waals surface area (Å²) in [6.07, 6.45) is 4.34. The van der Waals surface area contributed by atoms with E-state index >= 15 is 0 Å². The van der Waals surface area contributed by atoms with Crippen LogP contribution in [0.25, 0.3) is 11.2 Å². The maximum atomic E-state index is 5.65. The molecule has 0 aliphatic heterocycles. The third-order valence-electron chi connectivity index (χ3n) is 4.03. The minimum Gasteiger partial charge on any atom is -0.378 e. The SMILES string of the molecule is COC1(Cc2nc3nc(N(C)C)ccc3[nH]2)CCC1. The number of anilines is 1. The normalized spacial score (nSPS) is 17.4. The van der Waals surface area contributed by atoms with Gasteiger partial charge >= 0.3 is 0 Å². The lowest BCUT2D eigenvalue weighted by Gasteiger charge is -2.39. The van der Waals surface area contributed by atoms with Crippen molar-refractivity contribution >= 4 is 17.0 Å². The van der Waals surface area contributed by atoms with E-state index in [0.29, 0.717) is 0 Å². The zero-order valence-corrected chi connectivity index (χ0v) is 11.7. The van der Waals surface area contributed by atoms with Crippen LogP contribution in [0.3, 0.4) is 0 Å². The fourth-order valence-corrected chi connectivity index (χ4v) is 2.59. The smallest absolute Gasteiger partial charge is 0.179 e. The number of rotatable bonds is 4. The summed E-state index contributed by atoms with van der Waals surface area (Å²) in [5, 5.41) is 0. The molecule has 5 nitrogen and oxygen atoms in total. The molecule has 2 heterocycles. The van der Waals surface area contributed by atoms with Crippen LogP contribution in [0.4, 0.5) is 5.82 Å². The number of hydrogen-bond donors (Lipinski definition) is 1. The number of ether oxygens (including phenoxy) is 1. The zero-order chi connectivity index (χ0) is 13.5. The first-order valence-electron chi connectivity index (χ1n) is 6.70. The second-order valence-corrected chi connectivity index (χ2v) is 5.54. The second kappa shape index (κ2) is 4.49. The lowest BCUT2D eigenvalue weighted by Crippen LogP contribution is -2.41. The van der Waals surface area contributed by atoms with Crippen molar-refractivity contribution < 1.29 is 4.74 Å². The molecule has 1 saturated carbocycles. The highest BCUT2D eigenvalue weighted by atomic mass is 16.5. The second-order valence-electron chi connectivity index (χ2n) is 5.54. The Morgan fingerprint density at radius 1 is 1.32 bits per heavy atom. The summed E-state index contributed by atoms with van der Waals surface area (Å²) in [7, 11) is 5.76. The molecule has 2 aromatic heterocycles. The Bertz CT molecular complexity index is 581. The summed E-state index contributed by atoms with van der Waals surface area (Å²) in [6.45, 7) is 0. The van der Waals surface area contributed by atoms with E-state index < -0.39 is 0 Å². The first-order valence-corrected chi connectivity index (χ1v) is 6.70. The van der Waals surface area contributed by atoms with Crippen LogP contribution in [0.5, 0.6) is 0 Å². The van der Waals surface area contributed by atoms with Crippen molar-refractivity contribution in [3.05, 3.63) is 18.0 Å². The van der Waals surface area contributed by atoms with Gasteiger partial charge in [0.15, 0.2) is 5.65 Å². The average Bonchev–Trinajstić information content (AvgIpc) is 2.74. The van der Waals surface area contributed by atoms with Crippen molar-refractivity contribution in [3.63, 3.8) is 0 Å². The topological polar surface area (TPSA) is 54.0 Å². The molecule has 0 saturated heterocycles. The van der Waals surface area contributed by atoms with Crippen molar-refractivity contribution in [2.45, 2.75) is 31.3 Å². The molecule has 0 bridgehead atoms. The molecule has 3 rings (SSSR count). The van der Waals surface area contributed by atoms with Crippen LogP contribution in [0.15, 0.2) is 12.1 Å². The van der Waals surface area contributed by atoms with Gasteiger partial charge in [-0.1, -0.05) is 0 Å². The number of methoxy groups -OCH3 is 1. The third kappa shape index (κ3) is 2.18. The van der Waals surface area contributed by atoms with Gasteiger partial charge in [0.25, 0.3) is 0 Å². The predicted molar refractivity (Wildman–Crippen MR) is 75.5 cm³/mol. The van der Waals surface area contributed by atoms with Crippen molar-refractivity contribution in [2.75, 3.05) is 26.1 Å². The molecule has 19 heavy (non-hydrogen) atoms. The Labute approximate surface area is 113 Å². The fraction of sp³-hybridized carbons (Fsp3) is 0.571. The Morgan fingerprint density at radius 2 is 2.11 bits per heavy atom. The van der Waals surface area contributed by atoms with Crippen molar-refractivity contribution in [1.29, 1.82) is 0 Å². The van der Waals surface area contributed by atoms with E-state index in [1.807, 2.05) is 31.1 Å². The summed E-state index contributed by atoms with van der Waals surface area (Å²) in [5.74, 6) is 1.90. The number of aromatic nitrogens is 3. The van der Waals surface area contributed by atoms with Gasteiger partial charge in [0, 0.05) is 27.6 Å². The van der Waals surface area contributed by atoms with Crippen LogP contribution in [-0.4, -0.2) is 41.8 Å². The van der Waals surface area contributed by atoms with Gasteiger partial charge < -0.3 is 14.6 Å². The van der Waals surface area contributed by atoms with Crippen molar-refractivity contribution in [3.8, 4) is 0 Å². The summed E-state index contributed by atoms with van der Waals surface area (Å²) in [4.78, 5) is 14.5. The Hall–Kier alpha value is -1.62. The molecule has 1 aliphatic carbocycles. The predicted octanol–water partition coefficient (Wildman–Crippen LogP) is 2.14. The van der Waals surface area contributed by atoms with Crippen molar-refractivity contribution in [1.82, 2.24) is 15.0 Å². The van der Waals surface area contributed by atoms with Gasteiger partial charge in [0.1, 0.15) is 11.6 Å². The quantitative estimate of drug-likeness (QED) is 0.915. The fourth-order valence-electron chi connectivity index (χ4n) is 2.59. The van der Waals surface area contributed by atoms with Gasteiger partial charge in [-0.25, -0.2) is 9.97 Å². The van der Waals surface area contributed by atoms with Crippen LogP contribution < -0.4 is 4.90 Å². The minimum absolute atomic E-state index is 0.00173. The molecule has 5 heteroatoms. The first-order chi connectivity index (χ1) is 9.12. The molecule has 0 aromatic carbocycles. The van der Waals surface area contributed by atoms with Gasteiger partial charge in [-0.2, -0.15) is 0 Å². The number of nitrogens with one attached hydrogen (secondary N) is 1. The Morgan fingerprint density at radius 3 is 2.68 bits per heavy atom. The molecule has 1 aliphatic rings. The lowest BCUT2D eigenvalue weighted by molar-refractivity contribution is -0.0719. The summed E-state index contributed by atoms with van der Waals surface area (Å²) in [5.41, 5.74) is 1.77. The van der Waals surface area contributed by atoms with E-state index in [9.17, 15) is 0 Å². The van der Waals surface area contributed by atoms with Crippen LogP contribution in [0.2, 0.25) is 0 Å². The highest BCUT2D eigenvalue weighted by Crippen LogP contribution is 2.37. The largest absolute Gasteiger partial charge is 0.378 e. The standard InChI is InChI=1S/C14H20N4O/c1-18(2)12-6-5-10-13(17-12)16-11(15-10)9-14(19-3)7-4-8-14/h5-6H,4,7-9H2,1-3H3,(H,15,16,17).